The van der Waals surface area contributed by atoms with Gasteiger partial charge in [0.15, 0.2) is 0 Å². The second-order valence-corrected chi connectivity index (χ2v) is 6.09. The Labute approximate surface area is 127 Å². The highest BCUT2D eigenvalue weighted by atomic mass is 16.5. The highest BCUT2D eigenvalue weighted by molar-refractivity contribution is 5.81. The van der Waals surface area contributed by atoms with Crippen LogP contribution in [-0.2, 0) is 4.79 Å². The minimum absolute atomic E-state index is 0.0457. The maximum atomic E-state index is 12.1. The SMILES string of the molecule is Cc1cccc2c1OCCCC2NC(C)C(=O)NC(C)C. The van der Waals surface area contributed by atoms with Gasteiger partial charge < -0.3 is 10.1 Å². The van der Waals surface area contributed by atoms with E-state index in [1.54, 1.807) is 0 Å². The van der Waals surface area contributed by atoms with E-state index in [9.17, 15) is 4.79 Å². The van der Waals surface area contributed by atoms with Crippen molar-refractivity contribution >= 4 is 5.91 Å². The number of aryl methyl sites for hydroxylation is 1. The summed E-state index contributed by atoms with van der Waals surface area (Å²) in [5.41, 5.74) is 2.32. The summed E-state index contributed by atoms with van der Waals surface area (Å²) in [4.78, 5) is 12.1. The summed E-state index contributed by atoms with van der Waals surface area (Å²) in [5.74, 6) is 1.02. The molecule has 0 spiro atoms. The summed E-state index contributed by atoms with van der Waals surface area (Å²) in [6, 6.07) is 6.32. The second-order valence-electron chi connectivity index (χ2n) is 6.09. The molecule has 2 unspecified atom stereocenters. The van der Waals surface area contributed by atoms with Crippen LogP contribution >= 0.6 is 0 Å². The zero-order valence-corrected chi connectivity index (χ0v) is 13.4. The van der Waals surface area contributed by atoms with E-state index in [2.05, 4.69) is 35.8 Å². The van der Waals surface area contributed by atoms with Crippen LogP contribution < -0.4 is 15.4 Å². The van der Waals surface area contributed by atoms with Gasteiger partial charge in [0, 0.05) is 17.6 Å². The molecule has 2 N–H and O–H groups in total. The lowest BCUT2D eigenvalue weighted by atomic mass is 9.99. The van der Waals surface area contributed by atoms with Crippen LogP contribution in [0, 0.1) is 6.92 Å². The molecule has 0 radical (unpaired) electrons. The van der Waals surface area contributed by atoms with Crippen molar-refractivity contribution < 1.29 is 9.53 Å². The van der Waals surface area contributed by atoms with Gasteiger partial charge in [-0.3, -0.25) is 10.1 Å². The molecule has 21 heavy (non-hydrogen) atoms. The first kappa shape index (κ1) is 15.8. The fraction of sp³-hybridized carbons (Fsp3) is 0.588. The van der Waals surface area contributed by atoms with Gasteiger partial charge in [-0.1, -0.05) is 18.2 Å². The van der Waals surface area contributed by atoms with Crippen LogP contribution in [-0.4, -0.2) is 24.6 Å². The van der Waals surface area contributed by atoms with Gasteiger partial charge >= 0.3 is 0 Å². The van der Waals surface area contributed by atoms with Gasteiger partial charge in [-0.15, -0.1) is 0 Å². The van der Waals surface area contributed by atoms with Crippen LogP contribution in [0.3, 0.4) is 0 Å². The van der Waals surface area contributed by atoms with E-state index in [1.807, 2.05) is 20.8 Å². The van der Waals surface area contributed by atoms with Crippen molar-refractivity contribution in [3.05, 3.63) is 29.3 Å². The van der Waals surface area contributed by atoms with E-state index in [-0.39, 0.29) is 24.0 Å². The van der Waals surface area contributed by atoms with Crippen LogP contribution in [0.4, 0.5) is 0 Å². The van der Waals surface area contributed by atoms with Gasteiger partial charge in [0.1, 0.15) is 5.75 Å². The summed E-state index contributed by atoms with van der Waals surface area (Å²) in [5, 5.41) is 6.41. The summed E-state index contributed by atoms with van der Waals surface area (Å²) < 4.78 is 5.88. The number of hydrogen-bond donors (Lipinski definition) is 2. The summed E-state index contributed by atoms with van der Waals surface area (Å²) >= 11 is 0. The summed E-state index contributed by atoms with van der Waals surface area (Å²) in [6.45, 7) is 8.67. The lowest BCUT2D eigenvalue weighted by molar-refractivity contribution is -0.123. The minimum atomic E-state index is -0.219. The van der Waals surface area contributed by atoms with Crippen LogP contribution in [0.2, 0.25) is 0 Å². The molecule has 1 aliphatic rings. The lowest BCUT2D eigenvalue weighted by Crippen LogP contribution is -2.45. The highest BCUT2D eigenvalue weighted by Gasteiger charge is 2.24. The van der Waals surface area contributed by atoms with Gasteiger partial charge in [-0.05, 0) is 46.1 Å². The average Bonchev–Trinajstić information content (AvgIpc) is 2.62. The van der Waals surface area contributed by atoms with E-state index >= 15 is 0 Å². The molecule has 0 saturated carbocycles. The van der Waals surface area contributed by atoms with Crippen molar-refractivity contribution in [1.29, 1.82) is 0 Å². The molecule has 1 heterocycles. The smallest absolute Gasteiger partial charge is 0.237 e. The molecule has 0 aliphatic carbocycles. The van der Waals surface area contributed by atoms with Crippen molar-refractivity contribution in [2.75, 3.05) is 6.61 Å². The second kappa shape index (κ2) is 6.94. The Morgan fingerprint density at radius 1 is 1.33 bits per heavy atom. The number of carbonyl (C=O) groups is 1. The largest absolute Gasteiger partial charge is 0.493 e. The van der Waals surface area contributed by atoms with E-state index in [0.717, 1.165) is 36.3 Å². The van der Waals surface area contributed by atoms with Gasteiger partial charge in [0.05, 0.1) is 12.6 Å². The molecule has 4 nitrogen and oxygen atoms in total. The average molecular weight is 290 g/mol. The number of nitrogens with one attached hydrogen (secondary N) is 2. The van der Waals surface area contributed by atoms with E-state index < -0.39 is 0 Å². The first-order valence-electron chi connectivity index (χ1n) is 7.77. The Hall–Kier alpha value is -1.55. The first-order chi connectivity index (χ1) is 9.99. The predicted molar refractivity (Wildman–Crippen MR) is 84.5 cm³/mol. The Morgan fingerprint density at radius 3 is 2.81 bits per heavy atom. The van der Waals surface area contributed by atoms with E-state index in [0.29, 0.717) is 0 Å². The zero-order valence-electron chi connectivity index (χ0n) is 13.4. The van der Waals surface area contributed by atoms with Crippen molar-refractivity contribution in [2.24, 2.45) is 0 Å². The molecular weight excluding hydrogens is 264 g/mol. The predicted octanol–water partition coefficient (Wildman–Crippen LogP) is 2.71. The van der Waals surface area contributed by atoms with E-state index in [4.69, 9.17) is 4.74 Å². The minimum Gasteiger partial charge on any atom is -0.493 e. The standard InChI is InChI=1S/C17H26N2O2/c1-11(2)18-17(20)13(4)19-15-9-6-10-21-16-12(3)7-5-8-14(15)16/h5,7-8,11,13,15,19H,6,9-10H2,1-4H3,(H,18,20). The molecule has 1 aromatic rings. The third-order valence-corrected chi connectivity index (χ3v) is 3.78. The third-order valence-electron chi connectivity index (χ3n) is 3.78. The van der Waals surface area contributed by atoms with E-state index in [1.165, 1.54) is 0 Å². The van der Waals surface area contributed by atoms with Gasteiger partial charge in [-0.2, -0.15) is 0 Å². The fourth-order valence-electron chi connectivity index (χ4n) is 2.72. The number of benzene rings is 1. The number of fused-ring (bicyclic) bond motifs is 1. The summed E-state index contributed by atoms with van der Waals surface area (Å²) in [6.07, 6.45) is 1.97. The van der Waals surface area contributed by atoms with Crippen molar-refractivity contribution in [3.8, 4) is 5.75 Å². The Kier molecular flexibility index (Phi) is 5.23. The lowest BCUT2D eigenvalue weighted by Gasteiger charge is -2.24. The molecule has 116 valence electrons. The normalized spacial score (nSPS) is 19.4. The molecule has 2 rings (SSSR count). The maximum Gasteiger partial charge on any atom is 0.237 e. The fourth-order valence-corrected chi connectivity index (χ4v) is 2.72. The molecule has 0 aromatic heterocycles. The van der Waals surface area contributed by atoms with Gasteiger partial charge in [0.25, 0.3) is 0 Å². The molecule has 0 saturated heterocycles. The molecule has 1 aromatic carbocycles. The van der Waals surface area contributed by atoms with Crippen LogP contribution in [0.15, 0.2) is 18.2 Å². The van der Waals surface area contributed by atoms with Gasteiger partial charge in [0.2, 0.25) is 5.91 Å². The number of amides is 1. The number of para-hydroxylation sites is 1. The number of hydrogen-bond acceptors (Lipinski definition) is 3. The number of carbonyl (C=O) groups excluding carboxylic acids is 1. The van der Waals surface area contributed by atoms with Crippen molar-refractivity contribution in [2.45, 2.75) is 58.7 Å². The topological polar surface area (TPSA) is 50.4 Å². The Balaban J connectivity index is 2.13. The van der Waals surface area contributed by atoms with Crippen molar-refractivity contribution in [1.82, 2.24) is 10.6 Å². The zero-order chi connectivity index (χ0) is 15.4. The monoisotopic (exact) mass is 290 g/mol. The first-order valence-corrected chi connectivity index (χ1v) is 7.77. The molecule has 0 fully saturated rings. The van der Waals surface area contributed by atoms with Crippen LogP contribution in [0.5, 0.6) is 5.75 Å². The molecule has 0 bridgehead atoms. The molecule has 2 atom stereocenters. The third kappa shape index (κ3) is 3.97. The number of rotatable bonds is 4. The Morgan fingerprint density at radius 2 is 2.10 bits per heavy atom. The quantitative estimate of drug-likeness (QED) is 0.896. The molecule has 4 heteroatoms. The maximum absolute atomic E-state index is 12.1. The molecule has 1 amide bonds. The molecular formula is C17H26N2O2. The van der Waals surface area contributed by atoms with Crippen LogP contribution in [0.1, 0.15) is 50.8 Å². The summed E-state index contributed by atoms with van der Waals surface area (Å²) in [7, 11) is 0. The van der Waals surface area contributed by atoms with Gasteiger partial charge in [-0.25, -0.2) is 0 Å². The number of ether oxygens (including phenoxy) is 1. The molecule has 1 aliphatic heterocycles. The van der Waals surface area contributed by atoms with Crippen molar-refractivity contribution in [3.63, 3.8) is 0 Å². The van der Waals surface area contributed by atoms with Crippen LogP contribution in [0.25, 0.3) is 0 Å². The Bertz CT molecular complexity index is 500. The highest BCUT2D eigenvalue weighted by Crippen LogP contribution is 2.34.